The highest BCUT2D eigenvalue weighted by atomic mass is 79.9. The third-order valence-electron chi connectivity index (χ3n) is 3.52. The van der Waals surface area contributed by atoms with Crippen molar-refractivity contribution in [2.24, 2.45) is 0 Å². The average Bonchev–Trinajstić information content (AvgIpc) is 2.54. The summed E-state index contributed by atoms with van der Waals surface area (Å²) in [6.45, 7) is 0. The number of carboxylic acid groups (broad SMARTS) is 1. The normalized spacial score (nSPS) is 13.0. The Bertz CT molecular complexity index is 792. The largest absolute Gasteiger partial charge is 0.481 e. The summed E-state index contributed by atoms with van der Waals surface area (Å²) >= 11 is 3.33. The van der Waals surface area contributed by atoms with Crippen LogP contribution in [0.1, 0.15) is 33.9 Å². The van der Waals surface area contributed by atoms with Crippen LogP contribution in [0.4, 0.5) is 0 Å². The molecule has 5 nitrogen and oxygen atoms in total. The molecule has 7 heteroatoms. The predicted molar refractivity (Wildman–Crippen MR) is 101 cm³/mol. The second-order valence-corrected chi connectivity index (χ2v) is 7.94. The summed E-state index contributed by atoms with van der Waals surface area (Å²) in [5, 5.41) is 11.9. The lowest BCUT2D eigenvalue weighted by Crippen LogP contribution is -2.30. The van der Waals surface area contributed by atoms with Gasteiger partial charge in [0.2, 0.25) is 0 Å². The quantitative estimate of drug-likeness (QED) is 0.715. The first-order chi connectivity index (χ1) is 11.8. The Morgan fingerprint density at radius 1 is 1.20 bits per heavy atom. The number of carbonyl (C=O) groups excluding carboxylic acids is 1. The summed E-state index contributed by atoms with van der Waals surface area (Å²) in [6, 6.07) is 13.4. The van der Waals surface area contributed by atoms with Gasteiger partial charge < -0.3 is 10.4 Å². The third-order valence-corrected chi connectivity index (χ3v) is 4.78. The minimum Gasteiger partial charge on any atom is -0.481 e. The number of amides is 1. The fourth-order valence-electron chi connectivity index (χ4n) is 2.40. The molecule has 0 aromatic heterocycles. The highest BCUT2D eigenvalue weighted by Gasteiger charge is 2.19. The topological polar surface area (TPSA) is 83.5 Å². The Balaban J connectivity index is 2.20. The molecule has 0 spiro atoms. The molecular formula is C18H18BrNO4S. The molecular weight excluding hydrogens is 406 g/mol. The first-order valence-corrected chi connectivity index (χ1v) is 10.0. The van der Waals surface area contributed by atoms with E-state index in [9.17, 15) is 13.8 Å². The molecule has 0 fully saturated rings. The van der Waals surface area contributed by atoms with Gasteiger partial charge in [0.15, 0.2) is 0 Å². The Labute approximate surface area is 157 Å². The molecule has 0 aliphatic carbocycles. The fourth-order valence-corrected chi connectivity index (χ4v) is 3.31. The van der Waals surface area contributed by atoms with Crippen LogP contribution in [0, 0.1) is 0 Å². The van der Waals surface area contributed by atoms with Crippen molar-refractivity contribution in [1.82, 2.24) is 5.32 Å². The number of aliphatic carboxylic acids is 1. The average molecular weight is 424 g/mol. The monoisotopic (exact) mass is 423 g/mol. The van der Waals surface area contributed by atoms with Crippen LogP contribution in [0.2, 0.25) is 0 Å². The van der Waals surface area contributed by atoms with Crippen molar-refractivity contribution in [2.45, 2.75) is 18.2 Å². The van der Waals surface area contributed by atoms with Crippen LogP contribution in [0.5, 0.6) is 0 Å². The molecule has 0 heterocycles. The summed E-state index contributed by atoms with van der Waals surface area (Å²) in [5.74, 6) is -0.993. The second-order valence-electron chi connectivity index (χ2n) is 5.59. The number of nitrogens with one attached hydrogen (secondary N) is 1. The Morgan fingerprint density at radius 3 is 2.48 bits per heavy atom. The van der Waals surface area contributed by atoms with Crippen molar-refractivity contribution in [2.75, 3.05) is 6.26 Å². The van der Waals surface area contributed by atoms with E-state index >= 15 is 0 Å². The van der Waals surface area contributed by atoms with Gasteiger partial charge in [0.05, 0.1) is 12.5 Å². The minimum atomic E-state index is -1.00. The van der Waals surface area contributed by atoms with E-state index in [2.05, 4.69) is 21.2 Å². The number of hydrogen-bond acceptors (Lipinski definition) is 3. The minimum absolute atomic E-state index is 0.216. The third kappa shape index (κ3) is 6.10. The maximum atomic E-state index is 12.5. The van der Waals surface area contributed by atoms with Crippen molar-refractivity contribution >= 4 is 38.6 Å². The molecule has 1 amide bonds. The molecule has 0 bridgehead atoms. The number of carbonyl (C=O) groups is 2. The number of rotatable bonds is 7. The van der Waals surface area contributed by atoms with Gasteiger partial charge in [-0.05, 0) is 35.4 Å². The summed E-state index contributed by atoms with van der Waals surface area (Å²) in [7, 11) is -1.00. The van der Waals surface area contributed by atoms with E-state index in [1.54, 1.807) is 48.7 Å². The maximum absolute atomic E-state index is 12.5. The van der Waals surface area contributed by atoms with E-state index < -0.39 is 22.8 Å². The molecule has 2 N–H and O–H groups in total. The van der Waals surface area contributed by atoms with Gasteiger partial charge >= 0.3 is 5.97 Å². The number of carboxylic acids is 1. The van der Waals surface area contributed by atoms with E-state index in [1.807, 2.05) is 6.07 Å². The lowest BCUT2D eigenvalue weighted by molar-refractivity contribution is -0.137. The summed E-state index contributed by atoms with van der Waals surface area (Å²) in [4.78, 5) is 23.7. The van der Waals surface area contributed by atoms with Gasteiger partial charge in [-0.15, -0.1) is 0 Å². The highest BCUT2D eigenvalue weighted by molar-refractivity contribution is 9.10. The molecule has 0 aliphatic rings. The van der Waals surface area contributed by atoms with Crippen LogP contribution < -0.4 is 5.32 Å². The molecule has 2 atom stereocenters. The lowest BCUT2D eigenvalue weighted by atomic mass is 10.0. The number of hydrogen-bond donors (Lipinski definition) is 2. The van der Waals surface area contributed by atoms with Gasteiger partial charge in [0.25, 0.3) is 5.91 Å². The predicted octanol–water partition coefficient (Wildman–Crippen LogP) is 3.27. The summed E-state index contributed by atoms with van der Waals surface area (Å²) in [5.41, 5.74) is 1.92. The standard InChI is InChI=1S/C18H18BrNO4S/c1-25(24)11-12-3-2-4-14(9-12)18(23)20-16(10-17(21)22)13-5-7-15(19)8-6-13/h2-9,16H,10-11H2,1H3,(H,20,23)(H,21,22)/t16-,25+/m1/s1. The molecule has 0 unspecified atom stereocenters. The summed E-state index contributed by atoms with van der Waals surface area (Å²) < 4.78 is 12.2. The van der Waals surface area contributed by atoms with Gasteiger partial charge in [-0.2, -0.15) is 0 Å². The van der Waals surface area contributed by atoms with Gasteiger partial charge in [0, 0.05) is 32.8 Å². The Morgan fingerprint density at radius 2 is 1.88 bits per heavy atom. The van der Waals surface area contributed by atoms with Crippen LogP contribution in [0.15, 0.2) is 53.0 Å². The molecule has 0 saturated carbocycles. The zero-order chi connectivity index (χ0) is 18.4. The molecule has 0 radical (unpaired) electrons. The van der Waals surface area contributed by atoms with Gasteiger partial charge in [-0.25, -0.2) is 0 Å². The molecule has 2 rings (SSSR count). The van der Waals surface area contributed by atoms with Crippen molar-refractivity contribution in [3.8, 4) is 0 Å². The van der Waals surface area contributed by atoms with Crippen molar-refractivity contribution in [3.63, 3.8) is 0 Å². The van der Waals surface area contributed by atoms with Crippen LogP contribution in [0.3, 0.4) is 0 Å². The van der Waals surface area contributed by atoms with E-state index in [0.717, 1.165) is 10.0 Å². The second kappa shape index (κ2) is 8.92. The van der Waals surface area contributed by atoms with E-state index in [0.29, 0.717) is 16.9 Å². The van der Waals surface area contributed by atoms with Gasteiger partial charge in [-0.3, -0.25) is 13.8 Å². The first kappa shape index (κ1) is 19.3. The zero-order valence-electron chi connectivity index (χ0n) is 13.6. The van der Waals surface area contributed by atoms with Crippen molar-refractivity contribution in [1.29, 1.82) is 0 Å². The zero-order valence-corrected chi connectivity index (χ0v) is 16.0. The lowest BCUT2D eigenvalue weighted by Gasteiger charge is -2.18. The molecule has 25 heavy (non-hydrogen) atoms. The highest BCUT2D eigenvalue weighted by Crippen LogP contribution is 2.20. The summed E-state index contributed by atoms with van der Waals surface area (Å²) in [6.07, 6.45) is 1.38. The van der Waals surface area contributed by atoms with E-state index in [4.69, 9.17) is 5.11 Å². The fraction of sp³-hybridized carbons (Fsp3) is 0.222. The van der Waals surface area contributed by atoms with Gasteiger partial charge in [0.1, 0.15) is 0 Å². The maximum Gasteiger partial charge on any atom is 0.305 e. The van der Waals surface area contributed by atoms with E-state index in [1.165, 1.54) is 0 Å². The molecule has 0 aliphatic heterocycles. The molecule has 0 saturated heterocycles. The van der Waals surface area contributed by atoms with Crippen LogP contribution in [-0.2, 0) is 21.3 Å². The van der Waals surface area contributed by atoms with Crippen molar-refractivity contribution < 1.29 is 18.9 Å². The number of halogens is 1. The van der Waals surface area contributed by atoms with Crippen LogP contribution >= 0.6 is 15.9 Å². The Hall–Kier alpha value is -1.99. The van der Waals surface area contributed by atoms with Crippen molar-refractivity contribution in [3.05, 3.63) is 69.7 Å². The first-order valence-electron chi connectivity index (χ1n) is 7.52. The van der Waals surface area contributed by atoms with Crippen LogP contribution in [0.25, 0.3) is 0 Å². The smallest absolute Gasteiger partial charge is 0.305 e. The van der Waals surface area contributed by atoms with Crippen LogP contribution in [-0.4, -0.2) is 27.4 Å². The molecule has 2 aromatic carbocycles. The Kier molecular flexibility index (Phi) is 6.90. The number of benzene rings is 2. The van der Waals surface area contributed by atoms with E-state index in [-0.39, 0.29) is 12.3 Å². The van der Waals surface area contributed by atoms with Gasteiger partial charge in [-0.1, -0.05) is 40.2 Å². The molecule has 132 valence electrons. The SMILES string of the molecule is C[S@](=O)Cc1cccc(C(=O)N[C@H](CC(=O)O)c2ccc(Br)cc2)c1. The molecule has 2 aromatic rings.